The summed E-state index contributed by atoms with van der Waals surface area (Å²) in [4.78, 5) is 48.5. The largest absolute Gasteiger partial charge is 0.356 e. The van der Waals surface area contributed by atoms with Crippen molar-refractivity contribution in [3.63, 3.8) is 0 Å². The maximum Gasteiger partial charge on any atom is 0.356 e. The van der Waals surface area contributed by atoms with Crippen LogP contribution in [0, 0.1) is 10.1 Å². The molecule has 0 N–H and O–H groups in total. The molecule has 1 heterocycles. The molecule has 0 bridgehead atoms. The molecule has 21 heavy (non-hydrogen) atoms. The number of hydroxylamine groups is 2. The van der Waals surface area contributed by atoms with Gasteiger partial charge >= 0.3 is 5.97 Å². The van der Waals surface area contributed by atoms with Crippen LogP contribution in [0.15, 0.2) is 30.3 Å². The molecule has 1 saturated heterocycles. The number of nitro benzene ring substituents is 1. The van der Waals surface area contributed by atoms with Crippen molar-refractivity contribution >= 4 is 29.5 Å². The molecule has 0 aliphatic carbocycles. The van der Waals surface area contributed by atoms with Crippen LogP contribution >= 0.6 is 0 Å². The van der Waals surface area contributed by atoms with Crippen molar-refractivity contribution in [3.8, 4) is 0 Å². The molecule has 108 valence electrons. The first kappa shape index (κ1) is 14.4. The number of hydrogen-bond acceptors (Lipinski definition) is 6. The minimum absolute atomic E-state index is 0.0260. The van der Waals surface area contributed by atoms with Crippen LogP contribution in [-0.4, -0.2) is 27.8 Å². The molecule has 2 rings (SSSR count). The summed E-state index contributed by atoms with van der Waals surface area (Å²) in [7, 11) is 0. The van der Waals surface area contributed by atoms with Crippen LogP contribution < -0.4 is 0 Å². The second kappa shape index (κ2) is 5.95. The standard InChI is InChI=1S/C13H10N2O6/c16-11-6-7-12(17)14(11)21-13(18)8-3-9-1-4-10(5-2-9)15(19)20/h1-5,8H,6-7H2. The molecule has 0 unspecified atom stereocenters. The van der Waals surface area contributed by atoms with Crippen LogP contribution in [-0.2, 0) is 19.2 Å². The first-order valence-electron chi connectivity index (χ1n) is 5.97. The van der Waals surface area contributed by atoms with E-state index in [9.17, 15) is 24.5 Å². The molecule has 0 aromatic heterocycles. The van der Waals surface area contributed by atoms with Gasteiger partial charge in [-0.25, -0.2) is 4.79 Å². The fourth-order valence-corrected chi connectivity index (χ4v) is 1.65. The van der Waals surface area contributed by atoms with Gasteiger partial charge in [-0.1, -0.05) is 0 Å². The van der Waals surface area contributed by atoms with E-state index in [0.29, 0.717) is 10.6 Å². The van der Waals surface area contributed by atoms with E-state index in [0.717, 1.165) is 6.08 Å². The minimum Gasteiger partial charge on any atom is -0.326 e. The Hall–Kier alpha value is -3.03. The summed E-state index contributed by atoms with van der Waals surface area (Å²) >= 11 is 0. The lowest BCUT2D eigenvalue weighted by Crippen LogP contribution is -2.31. The summed E-state index contributed by atoms with van der Waals surface area (Å²) in [5.74, 6) is -1.99. The molecule has 0 atom stereocenters. The van der Waals surface area contributed by atoms with Crippen LogP contribution in [0.3, 0.4) is 0 Å². The number of non-ortho nitro benzene ring substituents is 1. The zero-order valence-corrected chi connectivity index (χ0v) is 10.7. The molecule has 1 aromatic carbocycles. The van der Waals surface area contributed by atoms with Gasteiger partial charge in [-0.05, 0) is 23.8 Å². The quantitative estimate of drug-likeness (QED) is 0.357. The van der Waals surface area contributed by atoms with Gasteiger partial charge in [-0.3, -0.25) is 19.7 Å². The normalized spacial score (nSPS) is 14.8. The van der Waals surface area contributed by atoms with Crippen molar-refractivity contribution in [1.29, 1.82) is 0 Å². The number of carbonyl (C=O) groups is 3. The molecular formula is C13H10N2O6. The van der Waals surface area contributed by atoms with Crippen molar-refractivity contribution in [3.05, 3.63) is 46.0 Å². The third kappa shape index (κ3) is 3.50. The number of nitro groups is 1. The average Bonchev–Trinajstić information content (AvgIpc) is 2.77. The molecule has 0 saturated carbocycles. The Labute approximate surface area is 118 Å². The summed E-state index contributed by atoms with van der Waals surface area (Å²) in [6, 6.07) is 5.49. The predicted molar refractivity (Wildman–Crippen MR) is 69.3 cm³/mol. The number of nitrogens with zero attached hydrogens (tertiary/aromatic N) is 2. The van der Waals surface area contributed by atoms with E-state index in [1.807, 2.05) is 0 Å². The second-order valence-electron chi connectivity index (χ2n) is 4.17. The van der Waals surface area contributed by atoms with Gasteiger partial charge in [0, 0.05) is 31.1 Å². The SMILES string of the molecule is O=C(C=Cc1ccc([N+](=O)[O-])cc1)ON1C(=O)CCC1=O. The molecule has 8 nitrogen and oxygen atoms in total. The van der Waals surface area contributed by atoms with Crippen LogP contribution in [0.5, 0.6) is 0 Å². The van der Waals surface area contributed by atoms with Gasteiger partial charge < -0.3 is 4.84 Å². The van der Waals surface area contributed by atoms with E-state index in [-0.39, 0.29) is 18.5 Å². The molecule has 1 aliphatic rings. The number of hydrogen-bond donors (Lipinski definition) is 0. The van der Waals surface area contributed by atoms with E-state index in [4.69, 9.17) is 0 Å². The van der Waals surface area contributed by atoms with Crippen LogP contribution in [0.2, 0.25) is 0 Å². The Bertz CT molecular complexity index is 619. The van der Waals surface area contributed by atoms with Crippen molar-refractivity contribution in [2.75, 3.05) is 0 Å². The molecular weight excluding hydrogens is 280 g/mol. The first-order chi connectivity index (χ1) is 9.97. The van der Waals surface area contributed by atoms with E-state index in [2.05, 4.69) is 4.84 Å². The van der Waals surface area contributed by atoms with Gasteiger partial charge in [0.2, 0.25) is 0 Å². The summed E-state index contributed by atoms with van der Waals surface area (Å²) in [5.41, 5.74) is 0.472. The highest BCUT2D eigenvalue weighted by Crippen LogP contribution is 2.14. The van der Waals surface area contributed by atoms with Crippen molar-refractivity contribution in [1.82, 2.24) is 5.06 Å². The lowest BCUT2D eigenvalue weighted by molar-refractivity contribution is -0.384. The van der Waals surface area contributed by atoms with Gasteiger partial charge in [0.15, 0.2) is 0 Å². The Morgan fingerprint density at radius 1 is 1.19 bits per heavy atom. The predicted octanol–water partition coefficient (Wildman–Crippen LogP) is 1.22. The second-order valence-corrected chi connectivity index (χ2v) is 4.17. The Kier molecular flexibility index (Phi) is 4.07. The van der Waals surface area contributed by atoms with E-state index in [1.165, 1.54) is 30.3 Å². The third-order valence-corrected chi connectivity index (χ3v) is 2.70. The molecule has 2 amide bonds. The maximum atomic E-state index is 11.5. The number of imide groups is 1. The molecule has 0 spiro atoms. The fraction of sp³-hybridized carbons (Fsp3) is 0.154. The van der Waals surface area contributed by atoms with E-state index >= 15 is 0 Å². The third-order valence-electron chi connectivity index (χ3n) is 2.70. The molecule has 1 aliphatic heterocycles. The lowest BCUT2D eigenvalue weighted by Gasteiger charge is -2.10. The van der Waals surface area contributed by atoms with Gasteiger partial charge in [0.25, 0.3) is 17.5 Å². The topological polar surface area (TPSA) is 107 Å². The molecule has 1 aromatic rings. The first-order valence-corrected chi connectivity index (χ1v) is 5.97. The summed E-state index contributed by atoms with van der Waals surface area (Å²) in [6.07, 6.45) is 2.44. The van der Waals surface area contributed by atoms with Gasteiger partial charge in [0.05, 0.1) is 4.92 Å². The van der Waals surface area contributed by atoms with E-state index in [1.54, 1.807) is 0 Å². The van der Waals surface area contributed by atoms with Crippen molar-refractivity contribution < 1.29 is 24.1 Å². The van der Waals surface area contributed by atoms with Gasteiger partial charge in [-0.2, -0.15) is 0 Å². The zero-order chi connectivity index (χ0) is 15.4. The molecule has 8 heteroatoms. The van der Waals surface area contributed by atoms with Gasteiger partial charge in [-0.15, -0.1) is 5.06 Å². The highest BCUT2D eigenvalue weighted by molar-refractivity contribution is 6.02. The Balaban J connectivity index is 1.97. The molecule has 0 radical (unpaired) electrons. The smallest absolute Gasteiger partial charge is 0.326 e. The van der Waals surface area contributed by atoms with E-state index < -0.39 is 22.7 Å². The monoisotopic (exact) mass is 290 g/mol. The number of carbonyl (C=O) groups excluding carboxylic acids is 3. The van der Waals surface area contributed by atoms with Crippen molar-refractivity contribution in [2.24, 2.45) is 0 Å². The van der Waals surface area contributed by atoms with Gasteiger partial charge in [0.1, 0.15) is 0 Å². The van der Waals surface area contributed by atoms with Crippen LogP contribution in [0.1, 0.15) is 18.4 Å². The zero-order valence-electron chi connectivity index (χ0n) is 10.7. The van der Waals surface area contributed by atoms with Crippen molar-refractivity contribution in [2.45, 2.75) is 12.8 Å². The Morgan fingerprint density at radius 2 is 1.76 bits per heavy atom. The fourth-order valence-electron chi connectivity index (χ4n) is 1.65. The van der Waals surface area contributed by atoms with Crippen LogP contribution in [0.25, 0.3) is 6.08 Å². The number of amides is 2. The summed E-state index contributed by atoms with van der Waals surface area (Å²) in [6.45, 7) is 0. The lowest BCUT2D eigenvalue weighted by atomic mass is 10.2. The summed E-state index contributed by atoms with van der Waals surface area (Å²) in [5, 5.41) is 10.9. The molecule has 1 fully saturated rings. The van der Waals surface area contributed by atoms with Crippen LogP contribution in [0.4, 0.5) is 5.69 Å². The number of benzene rings is 1. The summed E-state index contributed by atoms with van der Waals surface area (Å²) < 4.78 is 0. The Morgan fingerprint density at radius 3 is 2.29 bits per heavy atom. The number of rotatable bonds is 4. The highest BCUT2D eigenvalue weighted by Gasteiger charge is 2.32. The maximum absolute atomic E-state index is 11.5. The minimum atomic E-state index is -0.878. The average molecular weight is 290 g/mol. The highest BCUT2D eigenvalue weighted by atomic mass is 16.7.